The number of nitrogens with zero attached hydrogens (tertiary/aromatic N) is 1. The molecule has 2 aliphatic heterocycles. The Morgan fingerprint density at radius 2 is 1.60 bits per heavy atom. The number of aliphatic hydroxyl groups is 1. The van der Waals surface area contributed by atoms with Crippen molar-refractivity contribution in [1.82, 2.24) is 4.90 Å². The van der Waals surface area contributed by atoms with E-state index in [0.29, 0.717) is 5.69 Å². The van der Waals surface area contributed by atoms with Crippen molar-refractivity contribution in [3.63, 3.8) is 0 Å². The van der Waals surface area contributed by atoms with Crippen molar-refractivity contribution >= 4 is 17.6 Å². The Hall–Kier alpha value is -2.78. The number of carboxylic acids is 1. The zero-order chi connectivity index (χ0) is 24.6. The van der Waals surface area contributed by atoms with Gasteiger partial charge in [0.05, 0.1) is 25.2 Å². The van der Waals surface area contributed by atoms with Crippen LogP contribution in [0.15, 0.2) is 48.5 Å². The average Bonchev–Trinajstić information content (AvgIpc) is 2.88. The van der Waals surface area contributed by atoms with Gasteiger partial charge < -0.3 is 29.9 Å². The van der Waals surface area contributed by atoms with Gasteiger partial charge >= 0.3 is 5.97 Å². The van der Waals surface area contributed by atoms with E-state index < -0.39 is 12.3 Å². The number of hydrogen-bond acceptors (Lipinski definition) is 6. The fourth-order valence-electron chi connectivity index (χ4n) is 4.63. The number of amides is 1. The molecule has 35 heavy (non-hydrogen) atoms. The zero-order valence-corrected chi connectivity index (χ0v) is 19.9. The summed E-state index contributed by atoms with van der Waals surface area (Å²) in [5.41, 5.74) is 3.37. The molecule has 2 aromatic carbocycles. The van der Waals surface area contributed by atoms with Crippen molar-refractivity contribution in [2.24, 2.45) is 0 Å². The molecular weight excluding hydrogens is 448 g/mol. The predicted molar refractivity (Wildman–Crippen MR) is 131 cm³/mol. The minimum atomic E-state index is -0.998. The molecule has 0 bridgehead atoms. The van der Waals surface area contributed by atoms with Gasteiger partial charge in [-0.05, 0) is 49.2 Å². The zero-order valence-electron chi connectivity index (χ0n) is 19.9. The van der Waals surface area contributed by atoms with Crippen molar-refractivity contribution in [3.8, 4) is 0 Å². The Morgan fingerprint density at radius 1 is 0.914 bits per heavy atom. The number of aliphatic hydroxyl groups excluding tert-OH is 1. The standard InChI is InChI=1S/C27H34N2O6/c30-18-19-4-6-20(7-5-19)24-16-23(17-29-14-2-1-3-15-29)34-27(35-24)21-8-10-22(11-9-21)28-25(31)12-13-26(32)33/h4-11,23-24,27,30H,1-3,12-18H2,(H,28,31)(H,32,33)/t23-,24+,27+/m0/s1. The number of piperidine rings is 1. The summed E-state index contributed by atoms with van der Waals surface area (Å²) in [5, 5.41) is 20.8. The highest BCUT2D eigenvalue weighted by molar-refractivity contribution is 5.92. The van der Waals surface area contributed by atoms with Crippen LogP contribution in [0.1, 0.15) is 67.6 Å². The SMILES string of the molecule is O=C(O)CCC(=O)Nc1ccc([C@@H]2O[C@H](CN3CCCCC3)C[C@H](c3ccc(CO)cc3)O2)cc1. The Kier molecular flexibility index (Phi) is 8.87. The number of carboxylic acid groups (broad SMARTS) is 1. The van der Waals surface area contributed by atoms with Crippen molar-refractivity contribution in [1.29, 1.82) is 0 Å². The number of carbonyl (C=O) groups is 2. The molecule has 2 saturated heterocycles. The molecular formula is C27H34N2O6. The molecule has 0 radical (unpaired) electrons. The first-order valence-electron chi connectivity index (χ1n) is 12.3. The van der Waals surface area contributed by atoms with Crippen LogP contribution < -0.4 is 5.32 Å². The maximum atomic E-state index is 11.9. The number of carbonyl (C=O) groups excluding carboxylic acids is 1. The molecule has 2 fully saturated rings. The third kappa shape index (κ3) is 7.35. The van der Waals surface area contributed by atoms with E-state index in [2.05, 4.69) is 10.2 Å². The Labute approximate surface area is 205 Å². The molecule has 8 heteroatoms. The highest BCUT2D eigenvalue weighted by Gasteiger charge is 2.33. The van der Waals surface area contributed by atoms with E-state index in [-0.39, 0.29) is 37.6 Å². The number of ether oxygens (including phenoxy) is 2. The molecule has 0 aliphatic carbocycles. The summed E-state index contributed by atoms with van der Waals surface area (Å²) in [6.07, 6.45) is 3.55. The fraction of sp³-hybridized carbons (Fsp3) is 0.481. The minimum Gasteiger partial charge on any atom is -0.481 e. The smallest absolute Gasteiger partial charge is 0.303 e. The molecule has 2 aliphatic rings. The molecule has 4 rings (SSSR count). The molecule has 188 valence electrons. The van der Waals surface area contributed by atoms with Crippen LogP contribution in [0.5, 0.6) is 0 Å². The highest BCUT2D eigenvalue weighted by atomic mass is 16.7. The molecule has 0 saturated carbocycles. The number of anilines is 1. The third-order valence-electron chi connectivity index (χ3n) is 6.56. The van der Waals surface area contributed by atoms with Crippen LogP contribution in [0.3, 0.4) is 0 Å². The number of rotatable bonds is 9. The lowest BCUT2D eigenvalue weighted by Gasteiger charge is -2.39. The molecule has 3 atom stereocenters. The number of hydrogen-bond donors (Lipinski definition) is 3. The number of aliphatic carboxylic acids is 1. The van der Waals surface area contributed by atoms with Gasteiger partial charge in [0.15, 0.2) is 6.29 Å². The normalized spacial score (nSPS) is 23.1. The Morgan fingerprint density at radius 3 is 2.26 bits per heavy atom. The first kappa shape index (κ1) is 25.3. The highest BCUT2D eigenvalue weighted by Crippen LogP contribution is 2.38. The first-order chi connectivity index (χ1) is 17.0. The molecule has 2 heterocycles. The molecule has 3 N–H and O–H groups in total. The van der Waals surface area contributed by atoms with Gasteiger partial charge in [-0.25, -0.2) is 0 Å². The van der Waals surface area contributed by atoms with Crippen LogP contribution in [-0.4, -0.2) is 52.7 Å². The molecule has 0 aromatic heterocycles. The second-order valence-electron chi connectivity index (χ2n) is 9.28. The molecule has 2 aromatic rings. The summed E-state index contributed by atoms with van der Waals surface area (Å²) in [6.45, 7) is 3.06. The summed E-state index contributed by atoms with van der Waals surface area (Å²) in [7, 11) is 0. The van der Waals surface area contributed by atoms with E-state index in [1.54, 1.807) is 12.1 Å². The number of nitrogens with one attached hydrogen (secondary N) is 1. The lowest BCUT2D eigenvalue weighted by molar-refractivity contribution is -0.253. The van der Waals surface area contributed by atoms with Crippen LogP contribution in [0.2, 0.25) is 0 Å². The quantitative estimate of drug-likeness (QED) is 0.495. The second-order valence-corrected chi connectivity index (χ2v) is 9.28. The molecule has 0 spiro atoms. The lowest BCUT2D eigenvalue weighted by Crippen LogP contribution is -2.41. The topological polar surface area (TPSA) is 108 Å². The van der Waals surface area contributed by atoms with E-state index in [1.807, 2.05) is 36.4 Å². The van der Waals surface area contributed by atoms with Crippen LogP contribution >= 0.6 is 0 Å². The first-order valence-corrected chi connectivity index (χ1v) is 12.3. The summed E-state index contributed by atoms with van der Waals surface area (Å²) < 4.78 is 12.8. The lowest BCUT2D eigenvalue weighted by atomic mass is 9.99. The summed E-state index contributed by atoms with van der Waals surface area (Å²) >= 11 is 0. The van der Waals surface area contributed by atoms with Crippen LogP contribution in [0.25, 0.3) is 0 Å². The van der Waals surface area contributed by atoms with E-state index in [1.165, 1.54) is 19.3 Å². The largest absolute Gasteiger partial charge is 0.481 e. The van der Waals surface area contributed by atoms with Gasteiger partial charge in [0.25, 0.3) is 0 Å². The van der Waals surface area contributed by atoms with Crippen LogP contribution in [0.4, 0.5) is 5.69 Å². The van der Waals surface area contributed by atoms with Gasteiger partial charge in [-0.1, -0.05) is 42.8 Å². The van der Waals surface area contributed by atoms with Crippen molar-refractivity contribution in [2.75, 3.05) is 25.0 Å². The molecule has 8 nitrogen and oxygen atoms in total. The van der Waals surface area contributed by atoms with E-state index in [0.717, 1.165) is 42.7 Å². The maximum absolute atomic E-state index is 11.9. The van der Waals surface area contributed by atoms with E-state index >= 15 is 0 Å². The fourth-order valence-corrected chi connectivity index (χ4v) is 4.63. The van der Waals surface area contributed by atoms with E-state index in [9.17, 15) is 14.7 Å². The summed E-state index contributed by atoms with van der Waals surface area (Å²) in [6, 6.07) is 15.1. The van der Waals surface area contributed by atoms with Gasteiger partial charge in [0.2, 0.25) is 5.91 Å². The van der Waals surface area contributed by atoms with Gasteiger partial charge in [0.1, 0.15) is 0 Å². The summed E-state index contributed by atoms with van der Waals surface area (Å²) in [4.78, 5) is 25.1. The van der Waals surface area contributed by atoms with Gasteiger partial charge in [-0.2, -0.15) is 0 Å². The van der Waals surface area contributed by atoms with Crippen LogP contribution in [0, 0.1) is 0 Å². The van der Waals surface area contributed by atoms with Gasteiger partial charge in [-0.3, -0.25) is 9.59 Å². The average molecular weight is 483 g/mol. The van der Waals surface area contributed by atoms with Crippen molar-refractivity contribution in [3.05, 3.63) is 65.2 Å². The van der Waals surface area contributed by atoms with Gasteiger partial charge in [0, 0.05) is 30.6 Å². The van der Waals surface area contributed by atoms with Gasteiger partial charge in [-0.15, -0.1) is 0 Å². The predicted octanol–water partition coefficient (Wildman–Crippen LogP) is 4.01. The molecule has 1 amide bonds. The maximum Gasteiger partial charge on any atom is 0.303 e. The van der Waals surface area contributed by atoms with E-state index in [4.69, 9.17) is 14.6 Å². The minimum absolute atomic E-state index is 0.00825. The Bertz CT molecular complexity index is 972. The van der Waals surface area contributed by atoms with Crippen molar-refractivity contribution in [2.45, 2.75) is 63.6 Å². The summed E-state index contributed by atoms with van der Waals surface area (Å²) in [5.74, 6) is -1.33. The number of benzene rings is 2. The monoisotopic (exact) mass is 482 g/mol. The molecule has 0 unspecified atom stereocenters. The second kappa shape index (κ2) is 12.3. The van der Waals surface area contributed by atoms with Crippen LogP contribution in [-0.2, 0) is 25.7 Å². The Balaban J connectivity index is 1.46. The number of likely N-dealkylation sites (tertiary alicyclic amines) is 1. The third-order valence-corrected chi connectivity index (χ3v) is 6.56. The van der Waals surface area contributed by atoms with Crippen molar-refractivity contribution < 1.29 is 29.3 Å².